The van der Waals surface area contributed by atoms with E-state index in [-0.39, 0.29) is 5.91 Å². The zero-order chi connectivity index (χ0) is 22.7. The molecule has 4 rings (SSSR count). The maximum Gasteiger partial charge on any atom is 0.274 e. The number of carbonyl (C=O) groups is 1. The summed E-state index contributed by atoms with van der Waals surface area (Å²) in [6, 6.07) is 6.57. The SMILES string of the molecule is CC(C)c1nc(C=Cc2csc(NC(=O)c3cccn3Cc3ccnc(F)c3)n2)cn1C. The molecule has 0 saturated heterocycles. The quantitative estimate of drug-likeness (QED) is 0.410. The van der Waals surface area contributed by atoms with E-state index in [9.17, 15) is 9.18 Å². The Morgan fingerprint density at radius 1 is 1.25 bits per heavy atom. The van der Waals surface area contributed by atoms with Gasteiger partial charge in [-0.1, -0.05) is 13.8 Å². The van der Waals surface area contributed by atoms with Crippen LogP contribution in [0.15, 0.2) is 48.2 Å². The minimum atomic E-state index is -0.546. The van der Waals surface area contributed by atoms with Crippen molar-refractivity contribution in [2.24, 2.45) is 7.05 Å². The second-order valence-corrected chi connectivity index (χ2v) is 8.52. The summed E-state index contributed by atoms with van der Waals surface area (Å²) >= 11 is 1.35. The largest absolute Gasteiger partial charge is 0.339 e. The molecular weight excluding hydrogens is 427 g/mol. The number of nitrogens with one attached hydrogen (secondary N) is 1. The van der Waals surface area contributed by atoms with Gasteiger partial charge in [0.1, 0.15) is 11.5 Å². The van der Waals surface area contributed by atoms with Gasteiger partial charge in [-0.2, -0.15) is 4.39 Å². The molecule has 0 aliphatic heterocycles. The van der Waals surface area contributed by atoms with Gasteiger partial charge < -0.3 is 9.13 Å². The third-order valence-electron chi connectivity index (χ3n) is 4.82. The van der Waals surface area contributed by atoms with Crippen molar-refractivity contribution < 1.29 is 9.18 Å². The number of carbonyl (C=O) groups excluding carboxylic acids is 1. The molecule has 0 saturated carbocycles. The number of aryl methyl sites for hydroxylation is 1. The van der Waals surface area contributed by atoms with Crippen molar-refractivity contribution in [2.45, 2.75) is 26.3 Å². The summed E-state index contributed by atoms with van der Waals surface area (Å²) < 4.78 is 17.1. The molecule has 4 aromatic rings. The van der Waals surface area contributed by atoms with Crippen LogP contribution in [-0.4, -0.2) is 30.0 Å². The standard InChI is InChI=1S/C23H23FN6OS/c1-15(2)21-26-17(13-29(21)3)6-7-18-14-32-23(27-18)28-22(31)19-5-4-10-30(19)12-16-8-9-25-20(24)11-16/h4-11,13-15H,12H2,1-3H3,(H,27,28,31). The van der Waals surface area contributed by atoms with Crippen LogP contribution in [0.4, 0.5) is 9.52 Å². The topological polar surface area (TPSA) is 77.6 Å². The summed E-state index contributed by atoms with van der Waals surface area (Å²) in [6.07, 6.45) is 8.95. The first-order valence-corrected chi connectivity index (χ1v) is 11.0. The van der Waals surface area contributed by atoms with Gasteiger partial charge in [-0.05, 0) is 42.0 Å². The lowest BCUT2D eigenvalue weighted by Crippen LogP contribution is -2.17. The highest BCUT2D eigenvalue weighted by atomic mass is 32.1. The van der Waals surface area contributed by atoms with Crippen LogP contribution < -0.4 is 5.32 Å². The maximum absolute atomic E-state index is 13.4. The zero-order valence-corrected chi connectivity index (χ0v) is 18.8. The zero-order valence-electron chi connectivity index (χ0n) is 18.0. The van der Waals surface area contributed by atoms with E-state index in [4.69, 9.17) is 0 Å². The number of amides is 1. The Bertz CT molecular complexity index is 1270. The average molecular weight is 451 g/mol. The molecule has 0 aliphatic carbocycles. The van der Waals surface area contributed by atoms with Crippen molar-refractivity contribution in [2.75, 3.05) is 5.32 Å². The van der Waals surface area contributed by atoms with Crippen molar-refractivity contribution >= 4 is 34.5 Å². The molecular formula is C23H23FN6OS. The highest BCUT2D eigenvalue weighted by Gasteiger charge is 2.13. The van der Waals surface area contributed by atoms with Gasteiger partial charge in [0, 0.05) is 43.5 Å². The van der Waals surface area contributed by atoms with Crippen LogP contribution in [0, 0.1) is 5.95 Å². The second kappa shape index (κ2) is 9.27. The fourth-order valence-corrected chi connectivity index (χ4v) is 4.04. The normalized spacial score (nSPS) is 11.5. The lowest BCUT2D eigenvalue weighted by molar-refractivity contribution is 0.101. The van der Waals surface area contributed by atoms with Gasteiger partial charge in [-0.25, -0.2) is 15.0 Å². The molecule has 0 atom stereocenters. The number of pyridine rings is 1. The van der Waals surface area contributed by atoms with Crippen LogP contribution in [0.2, 0.25) is 0 Å². The minimum absolute atomic E-state index is 0.277. The molecule has 0 radical (unpaired) electrons. The summed E-state index contributed by atoms with van der Waals surface area (Å²) in [5.74, 6) is 0.545. The molecule has 1 N–H and O–H groups in total. The van der Waals surface area contributed by atoms with Gasteiger partial charge in [-0.3, -0.25) is 10.1 Å². The Hall–Kier alpha value is -3.59. The number of hydrogen-bond acceptors (Lipinski definition) is 5. The third kappa shape index (κ3) is 5.00. The molecule has 0 aromatic carbocycles. The number of hydrogen-bond donors (Lipinski definition) is 1. The smallest absolute Gasteiger partial charge is 0.274 e. The fraction of sp³-hybridized carbons (Fsp3) is 0.217. The summed E-state index contributed by atoms with van der Waals surface area (Å²) in [5, 5.41) is 5.21. The van der Waals surface area contributed by atoms with Gasteiger partial charge in [0.05, 0.1) is 11.4 Å². The molecule has 4 aromatic heterocycles. The molecule has 7 nitrogen and oxygen atoms in total. The number of thiazole rings is 1. The first-order valence-electron chi connectivity index (χ1n) is 10.1. The number of aromatic nitrogens is 5. The van der Waals surface area contributed by atoms with Crippen LogP contribution in [0.3, 0.4) is 0 Å². The van der Waals surface area contributed by atoms with E-state index in [1.165, 1.54) is 23.6 Å². The van der Waals surface area contributed by atoms with Crippen LogP contribution in [-0.2, 0) is 13.6 Å². The minimum Gasteiger partial charge on any atom is -0.339 e. The maximum atomic E-state index is 13.4. The lowest BCUT2D eigenvalue weighted by Gasteiger charge is -2.09. The average Bonchev–Trinajstić information content (AvgIpc) is 3.46. The van der Waals surface area contributed by atoms with Crippen LogP contribution in [0.5, 0.6) is 0 Å². The molecule has 1 amide bonds. The highest BCUT2D eigenvalue weighted by molar-refractivity contribution is 7.14. The van der Waals surface area contributed by atoms with E-state index in [0.717, 1.165) is 22.8 Å². The first kappa shape index (κ1) is 21.6. The van der Waals surface area contributed by atoms with Gasteiger partial charge in [0.2, 0.25) is 5.95 Å². The van der Waals surface area contributed by atoms with Gasteiger partial charge in [0.25, 0.3) is 5.91 Å². The highest BCUT2D eigenvalue weighted by Crippen LogP contribution is 2.20. The first-order chi connectivity index (χ1) is 15.4. The molecule has 4 heterocycles. The Balaban J connectivity index is 1.42. The van der Waals surface area contributed by atoms with Crippen molar-refractivity contribution in [1.29, 1.82) is 0 Å². The Labute approximate surface area is 189 Å². The van der Waals surface area contributed by atoms with E-state index in [1.54, 1.807) is 29.0 Å². The van der Waals surface area contributed by atoms with E-state index in [1.807, 2.05) is 35.3 Å². The van der Waals surface area contributed by atoms with Gasteiger partial charge in [0.15, 0.2) is 5.13 Å². The Morgan fingerprint density at radius 3 is 2.81 bits per heavy atom. The number of halogens is 1. The van der Waals surface area contributed by atoms with Crippen molar-refractivity contribution in [1.82, 2.24) is 24.1 Å². The number of rotatable bonds is 7. The molecule has 164 valence electrons. The van der Waals surface area contributed by atoms with Gasteiger partial charge >= 0.3 is 0 Å². The molecule has 0 unspecified atom stereocenters. The summed E-state index contributed by atoms with van der Waals surface area (Å²) in [5.41, 5.74) is 2.79. The number of imidazole rings is 1. The van der Waals surface area contributed by atoms with Gasteiger partial charge in [-0.15, -0.1) is 11.3 Å². The number of anilines is 1. The lowest BCUT2D eigenvalue weighted by atomic mass is 10.2. The van der Waals surface area contributed by atoms with Crippen molar-refractivity contribution in [3.05, 3.63) is 82.7 Å². The van der Waals surface area contributed by atoms with Crippen LogP contribution >= 0.6 is 11.3 Å². The molecule has 0 aliphatic rings. The molecule has 0 fully saturated rings. The monoisotopic (exact) mass is 450 g/mol. The predicted molar refractivity (Wildman–Crippen MR) is 124 cm³/mol. The third-order valence-corrected chi connectivity index (χ3v) is 5.60. The second-order valence-electron chi connectivity index (χ2n) is 7.66. The van der Waals surface area contributed by atoms with E-state index < -0.39 is 5.95 Å². The Morgan fingerprint density at radius 2 is 2.06 bits per heavy atom. The fourth-order valence-electron chi connectivity index (χ4n) is 3.37. The van der Waals surface area contributed by atoms with Crippen LogP contribution in [0.1, 0.15) is 53.0 Å². The molecule has 32 heavy (non-hydrogen) atoms. The summed E-state index contributed by atoms with van der Waals surface area (Å²) in [6.45, 7) is 4.58. The summed E-state index contributed by atoms with van der Waals surface area (Å²) in [4.78, 5) is 25.4. The number of nitrogens with zero attached hydrogens (tertiary/aromatic N) is 5. The predicted octanol–water partition coefficient (Wildman–Crippen LogP) is 4.81. The van der Waals surface area contributed by atoms with E-state index in [0.29, 0.717) is 23.3 Å². The van der Waals surface area contributed by atoms with Crippen molar-refractivity contribution in [3.63, 3.8) is 0 Å². The molecule has 0 spiro atoms. The van der Waals surface area contributed by atoms with Crippen LogP contribution in [0.25, 0.3) is 12.2 Å². The summed E-state index contributed by atoms with van der Waals surface area (Å²) in [7, 11) is 1.98. The van der Waals surface area contributed by atoms with E-state index >= 15 is 0 Å². The molecule has 0 bridgehead atoms. The molecule has 9 heteroatoms. The Kier molecular flexibility index (Phi) is 6.27. The van der Waals surface area contributed by atoms with Crippen molar-refractivity contribution in [3.8, 4) is 0 Å². The van der Waals surface area contributed by atoms with E-state index in [2.05, 4.69) is 34.1 Å².